The number of hydrogen-bond donors (Lipinski definition) is 0. The Morgan fingerprint density at radius 2 is 0.753 bits per heavy atom. The summed E-state index contributed by atoms with van der Waals surface area (Å²) < 4.78 is 8.29. The standard InChI is InChI=1S/4C14H12.C10H11N.C6H9N.C5H9N2.4V/c4*1-11-8-9-14(10-12(11)2)13-6-4-3-5-7-13;1-8-7-9-5-3-4-6-10(9)11(8)2;2*1-6-4-3-5-7(6)2;;;;/h2*3-6,8,10H,1-2H3;2*3-6,8-9H,1-2H3;3-7H,1-2H3;2*3-5H,1-2H3;;;;/q4*-2;;;+1;4*+2. The molecule has 424 valence electrons. The van der Waals surface area contributed by atoms with Crippen molar-refractivity contribution in [2.24, 2.45) is 28.2 Å². The van der Waals surface area contributed by atoms with Gasteiger partial charge in [0.05, 0.1) is 13.2 Å². The maximum atomic E-state index is 3.36. The zero-order chi connectivity index (χ0) is 58.3. The minimum absolute atomic E-state index is 0. The van der Waals surface area contributed by atoms with E-state index in [1.165, 1.54) is 66.8 Å². The first-order chi connectivity index (χ1) is 39.0. The minimum atomic E-state index is 0. The summed E-state index contributed by atoms with van der Waals surface area (Å²) >= 11 is 0. The molecule has 12 aromatic rings. The molecule has 0 saturated heterocycles. The number of fused-ring (bicyclic) bond motifs is 1. The smallest absolute Gasteiger partial charge is 0.355 e. The molecule has 0 unspecified atom stereocenters. The number of aromatic nitrogens is 4. The van der Waals surface area contributed by atoms with Crippen molar-refractivity contribution in [1.29, 1.82) is 0 Å². The third-order valence-corrected chi connectivity index (χ3v) is 14.2. The van der Waals surface area contributed by atoms with Crippen molar-refractivity contribution in [2.45, 2.75) is 69.2 Å². The number of rotatable bonds is 4. The van der Waals surface area contributed by atoms with Crippen LogP contribution in [0.15, 0.2) is 213 Å². The number of nitrogens with zero attached hydrogens (tertiary/aromatic N) is 4. The van der Waals surface area contributed by atoms with Gasteiger partial charge in [-0.15, -0.1) is 73.5 Å². The molecule has 0 amide bonds. The number of aryl methyl sites for hydroxylation is 14. The summed E-state index contributed by atoms with van der Waals surface area (Å²) in [6.45, 7) is 21.0. The van der Waals surface area contributed by atoms with Gasteiger partial charge in [0.1, 0.15) is 0 Å². The van der Waals surface area contributed by atoms with Crippen LogP contribution in [0.25, 0.3) is 55.4 Å². The van der Waals surface area contributed by atoms with Crippen LogP contribution in [0.1, 0.15) is 55.9 Å². The van der Waals surface area contributed by atoms with Gasteiger partial charge in [-0.25, -0.2) is 44.5 Å². The van der Waals surface area contributed by atoms with E-state index >= 15 is 0 Å². The third kappa shape index (κ3) is 23.6. The van der Waals surface area contributed by atoms with E-state index in [1.54, 1.807) is 0 Å². The molecular formula is C77H77N4V4+. The predicted molar refractivity (Wildman–Crippen MR) is 340 cm³/mol. The van der Waals surface area contributed by atoms with Gasteiger partial charge >= 0.3 is 74.2 Å². The SMILES string of the molecule is Cc1[c-]c(-c2[c-]cccc2)ccc1C.Cc1[c-]c(-c2[c-]cccc2)ccc1C.Cc1c[c-]c(-c2[c-]cccc2)cc1C.Cc1c[c-]c(-c2[c-]cccc2)cc1C.Cc1cc2ccccc2n1C.Cc1cccn1C.Cn1ccc[n+]1C.[V+2].[V+2].[V+2].[V+2]. The summed E-state index contributed by atoms with van der Waals surface area (Å²) in [6, 6.07) is 91.5. The fourth-order valence-electron chi connectivity index (χ4n) is 8.03. The van der Waals surface area contributed by atoms with Gasteiger partial charge in [-0.3, -0.25) is 0 Å². The molecule has 3 heterocycles. The Kier molecular flexibility index (Phi) is 33.6. The van der Waals surface area contributed by atoms with Crippen molar-refractivity contribution >= 4 is 10.9 Å². The molecule has 0 atom stereocenters. The molecule has 0 aliphatic carbocycles. The van der Waals surface area contributed by atoms with E-state index in [2.05, 4.69) is 231 Å². The Bertz CT molecular complexity index is 3390. The third-order valence-electron chi connectivity index (χ3n) is 14.2. The maximum absolute atomic E-state index is 3.36. The zero-order valence-corrected chi connectivity index (χ0v) is 57.4. The van der Waals surface area contributed by atoms with Crippen molar-refractivity contribution in [3.05, 3.63) is 317 Å². The minimum Gasteiger partial charge on any atom is -0.355 e. The Labute approximate surface area is 558 Å². The van der Waals surface area contributed by atoms with E-state index < -0.39 is 0 Å². The van der Waals surface area contributed by atoms with Crippen molar-refractivity contribution in [2.75, 3.05) is 0 Å². The van der Waals surface area contributed by atoms with Gasteiger partial charge in [-0.1, -0.05) is 73.6 Å². The van der Waals surface area contributed by atoms with E-state index in [9.17, 15) is 0 Å². The Morgan fingerprint density at radius 1 is 0.341 bits per heavy atom. The van der Waals surface area contributed by atoms with Crippen molar-refractivity contribution < 1.29 is 78.9 Å². The predicted octanol–water partition coefficient (Wildman–Crippen LogP) is 17.9. The van der Waals surface area contributed by atoms with Crippen LogP contribution < -0.4 is 4.68 Å². The fourth-order valence-corrected chi connectivity index (χ4v) is 8.03. The van der Waals surface area contributed by atoms with Crippen LogP contribution in [0.2, 0.25) is 0 Å². The van der Waals surface area contributed by atoms with E-state index in [0.29, 0.717) is 0 Å². The summed E-state index contributed by atoms with van der Waals surface area (Å²) in [5.74, 6) is 0. The van der Waals surface area contributed by atoms with Crippen LogP contribution in [0, 0.1) is 118 Å². The van der Waals surface area contributed by atoms with Gasteiger partial charge in [-0.2, -0.15) is 175 Å². The monoisotopic (exact) mass is 1260 g/mol. The van der Waals surface area contributed by atoms with Crippen molar-refractivity contribution in [1.82, 2.24) is 13.8 Å². The van der Waals surface area contributed by atoms with E-state index in [0.717, 1.165) is 44.5 Å². The first-order valence-electron chi connectivity index (χ1n) is 27.4. The normalized spacial score (nSPS) is 9.62. The molecular weight excluding hydrogens is 1180 g/mol. The largest absolute Gasteiger partial charge is 2.00 e. The van der Waals surface area contributed by atoms with Gasteiger partial charge in [0.2, 0.25) is 0 Å². The zero-order valence-electron chi connectivity index (χ0n) is 51.8. The first kappa shape index (κ1) is 74.4. The number of benzene rings is 9. The molecule has 0 aliphatic rings. The Morgan fingerprint density at radius 3 is 1.05 bits per heavy atom. The van der Waals surface area contributed by atoms with Gasteiger partial charge in [0.25, 0.3) is 0 Å². The second kappa shape index (κ2) is 38.4. The fraction of sp³-hybridized carbons (Fsp3) is 0.182. The molecule has 0 aliphatic heterocycles. The average Bonchev–Trinajstić information content (AvgIpc) is 4.23. The van der Waals surface area contributed by atoms with Gasteiger partial charge in [-0.05, 0) is 43.5 Å². The topological polar surface area (TPSA) is 18.7 Å². The molecule has 12 rings (SSSR count). The van der Waals surface area contributed by atoms with Crippen LogP contribution in [0.5, 0.6) is 0 Å². The summed E-state index contributed by atoms with van der Waals surface area (Å²) in [7, 11) is 8.13. The van der Waals surface area contributed by atoms with Crippen LogP contribution in [0.3, 0.4) is 0 Å². The second-order valence-electron chi connectivity index (χ2n) is 20.2. The molecule has 3 aromatic heterocycles. The molecule has 85 heavy (non-hydrogen) atoms. The van der Waals surface area contributed by atoms with Crippen LogP contribution in [-0.2, 0) is 102 Å². The van der Waals surface area contributed by atoms with Crippen molar-refractivity contribution in [3.8, 4) is 44.5 Å². The summed E-state index contributed by atoms with van der Waals surface area (Å²) in [5.41, 5.74) is 23.0. The second-order valence-corrected chi connectivity index (χ2v) is 20.2. The molecule has 0 saturated carbocycles. The van der Waals surface area contributed by atoms with E-state index in [-0.39, 0.29) is 74.2 Å². The molecule has 4 nitrogen and oxygen atoms in total. The molecule has 9 aromatic carbocycles. The molecule has 0 fully saturated rings. The van der Waals surface area contributed by atoms with Gasteiger partial charge < -0.3 is 9.13 Å². The molecule has 0 spiro atoms. The number of para-hydroxylation sites is 1. The maximum Gasteiger partial charge on any atom is 2.00 e. The van der Waals surface area contributed by atoms with Crippen molar-refractivity contribution in [3.63, 3.8) is 0 Å². The Hall–Kier alpha value is -6.65. The van der Waals surface area contributed by atoms with E-state index in [4.69, 9.17) is 0 Å². The summed E-state index contributed by atoms with van der Waals surface area (Å²) in [5, 5.41) is 1.33. The van der Waals surface area contributed by atoms with Crippen LogP contribution in [0.4, 0.5) is 0 Å². The quantitative estimate of drug-likeness (QED) is 0.124. The molecule has 0 bridgehead atoms. The average molecular weight is 1260 g/mol. The molecule has 4 radical (unpaired) electrons. The molecule has 0 N–H and O–H groups in total. The Balaban J connectivity index is 0.000000340. The van der Waals surface area contributed by atoms with Crippen LogP contribution in [-0.4, -0.2) is 13.8 Å². The van der Waals surface area contributed by atoms with Crippen LogP contribution >= 0.6 is 0 Å². The van der Waals surface area contributed by atoms with Gasteiger partial charge in [0, 0.05) is 43.3 Å². The summed E-state index contributed by atoms with van der Waals surface area (Å²) in [4.78, 5) is 0. The van der Waals surface area contributed by atoms with E-state index in [1.807, 2.05) is 146 Å². The molecule has 8 heteroatoms. The number of hydrogen-bond acceptors (Lipinski definition) is 0. The van der Waals surface area contributed by atoms with Gasteiger partial charge in [0.15, 0.2) is 13.2 Å². The summed E-state index contributed by atoms with van der Waals surface area (Å²) in [6.07, 6.45) is 6.04. The first-order valence-corrected chi connectivity index (χ1v) is 27.4.